The second-order valence-corrected chi connectivity index (χ2v) is 2.87. The van der Waals surface area contributed by atoms with Gasteiger partial charge in [0.05, 0.1) is 27.7 Å². The van der Waals surface area contributed by atoms with Gasteiger partial charge in [-0.25, -0.2) is 0 Å². The van der Waals surface area contributed by atoms with Gasteiger partial charge in [0.15, 0.2) is 0 Å². The Balaban J connectivity index is 0. The van der Waals surface area contributed by atoms with Crippen molar-refractivity contribution in [3.63, 3.8) is 0 Å². The number of hydrogen-bond donors (Lipinski definition) is 0. The molecule has 1 nitrogen and oxygen atoms in total. The van der Waals surface area contributed by atoms with Gasteiger partial charge in [0.2, 0.25) is 0 Å². The van der Waals surface area contributed by atoms with Crippen molar-refractivity contribution < 1.29 is 28.5 Å². The summed E-state index contributed by atoms with van der Waals surface area (Å²) in [6, 6.07) is 0. The summed E-state index contributed by atoms with van der Waals surface area (Å²) in [5.41, 5.74) is 0. The molecule has 0 aliphatic rings. The van der Waals surface area contributed by atoms with Gasteiger partial charge >= 0.3 is 0 Å². The fraction of sp³-hybridized carbons (Fsp3) is 0.833. The van der Waals surface area contributed by atoms with Crippen molar-refractivity contribution >= 4 is 0 Å². The maximum absolute atomic E-state index is 3.76. The fourth-order valence-corrected chi connectivity index (χ4v) is 0.474. The van der Waals surface area contributed by atoms with Crippen LogP contribution >= 0.6 is 0 Å². The lowest BCUT2D eigenvalue weighted by molar-refractivity contribution is -0.870. The van der Waals surface area contributed by atoms with Crippen molar-refractivity contribution in [1.29, 1.82) is 0 Å². The molecule has 0 unspecified atom stereocenters. The maximum Gasteiger partial charge on any atom is 0.0780 e. The SMILES string of the molecule is [CH2]CC[N+](C)(C)C.[I-]. The first kappa shape index (κ1) is 11.5. The molecule has 1 radical (unpaired) electrons. The number of rotatable bonds is 2. The normalized spacial score (nSPS) is 10.5. The van der Waals surface area contributed by atoms with Crippen LogP contribution in [0.5, 0.6) is 0 Å². The Morgan fingerprint density at radius 2 is 1.62 bits per heavy atom. The summed E-state index contributed by atoms with van der Waals surface area (Å²) in [6.07, 6.45) is 1.03. The molecule has 0 aromatic heterocycles. The van der Waals surface area contributed by atoms with Gasteiger partial charge in [-0.05, 0) is 13.3 Å². The third-order valence-electron chi connectivity index (χ3n) is 0.829. The Bertz CT molecular complexity index is 47.0. The van der Waals surface area contributed by atoms with Gasteiger partial charge in [-0.1, -0.05) is 0 Å². The van der Waals surface area contributed by atoms with Crippen LogP contribution in [0.15, 0.2) is 0 Å². The molecule has 2 heteroatoms. The van der Waals surface area contributed by atoms with Crippen LogP contribution in [0.3, 0.4) is 0 Å². The first-order valence-electron chi connectivity index (χ1n) is 2.66. The number of hydrogen-bond acceptors (Lipinski definition) is 0. The third kappa shape index (κ3) is 9.85. The number of nitrogens with zero attached hydrogens (tertiary/aromatic N) is 1. The van der Waals surface area contributed by atoms with Crippen LogP contribution in [0.1, 0.15) is 6.42 Å². The summed E-state index contributed by atoms with van der Waals surface area (Å²) >= 11 is 0. The van der Waals surface area contributed by atoms with Crippen LogP contribution in [0.4, 0.5) is 0 Å². The van der Waals surface area contributed by atoms with Crippen LogP contribution in [0.25, 0.3) is 0 Å². The molecule has 0 atom stereocenters. The van der Waals surface area contributed by atoms with Gasteiger partial charge in [-0.3, -0.25) is 0 Å². The van der Waals surface area contributed by atoms with Crippen molar-refractivity contribution in [3.8, 4) is 0 Å². The molecule has 0 aliphatic heterocycles. The van der Waals surface area contributed by atoms with Gasteiger partial charge in [-0.15, -0.1) is 0 Å². The molecule has 0 amide bonds. The Kier molecular flexibility index (Phi) is 6.54. The molecular formula is C6H15IN. The van der Waals surface area contributed by atoms with E-state index < -0.39 is 0 Å². The summed E-state index contributed by atoms with van der Waals surface area (Å²) in [4.78, 5) is 0. The smallest absolute Gasteiger partial charge is 0.0780 e. The van der Waals surface area contributed by atoms with Gasteiger partial charge in [0.25, 0.3) is 0 Å². The minimum atomic E-state index is 0. The average molecular weight is 228 g/mol. The molecule has 0 N–H and O–H groups in total. The van der Waals surface area contributed by atoms with E-state index in [4.69, 9.17) is 0 Å². The molecule has 0 bridgehead atoms. The summed E-state index contributed by atoms with van der Waals surface area (Å²) in [5, 5.41) is 0. The Labute approximate surface area is 69.7 Å². The second kappa shape index (κ2) is 4.56. The zero-order chi connectivity index (χ0) is 5.91. The van der Waals surface area contributed by atoms with E-state index in [2.05, 4.69) is 28.1 Å². The molecule has 8 heavy (non-hydrogen) atoms. The van der Waals surface area contributed by atoms with Crippen molar-refractivity contribution in [1.82, 2.24) is 0 Å². The molecule has 0 aliphatic carbocycles. The average Bonchev–Trinajstić information content (AvgIpc) is 1.30. The standard InChI is InChI=1S/C6H15N.HI/c1-5-6-7(2,3)4;/h1,5-6H2,2-4H3;1H/q+1;/p-1. The van der Waals surface area contributed by atoms with E-state index in [-0.39, 0.29) is 24.0 Å². The van der Waals surface area contributed by atoms with Gasteiger partial charge in [0, 0.05) is 0 Å². The van der Waals surface area contributed by atoms with Crippen LogP contribution in [-0.2, 0) is 0 Å². The van der Waals surface area contributed by atoms with Crippen molar-refractivity contribution in [2.45, 2.75) is 6.42 Å². The number of quaternary nitrogens is 1. The lowest BCUT2D eigenvalue weighted by Crippen LogP contribution is -3.00. The third-order valence-corrected chi connectivity index (χ3v) is 0.829. The summed E-state index contributed by atoms with van der Waals surface area (Å²) in [7, 11) is 6.52. The van der Waals surface area contributed by atoms with Gasteiger partial charge in [0.1, 0.15) is 0 Å². The van der Waals surface area contributed by atoms with Gasteiger partial charge in [-0.2, -0.15) is 0 Å². The molecule has 0 aromatic carbocycles. The highest BCUT2D eigenvalue weighted by atomic mass is 127. The van der Waals surface area contributed by atoms with Crippen LogP contribution < -0.4 is 24.0 Å². The summed E-state index contributed by atoms with van der Waals surface area (Å²) in [6.45, 7) is 4.92. The quantitative estimate of drug-likeness (QED) is 0.376. The first-order chi connectivity index (χ1) is 3.06. The number of halogens is 1. The molecule has 0 saturated carbocycles. The first-order valence-corrected chi connectivity index (χ1v) is 2.66. The maximum atomic E-state index is 3.76. The van der Waals surface area contributed by atoms with Crippen LogP contribution in [0, 0.1) is 6.92 Å². The molecule has 0 spiro atoms. The van der Waals surface area contributed by atoms with Crippen LogP contribution in [-0.4, -0.2) is 32.2 Å². The van der Waals surface area contributed by atoms with E-state index in [1.807, 2.05) is 0 Å². The molecular weight excluding hydrogens is 213 g/mol. The molecule has 0 saturated heterocycles. The predicted octanol–water partition coefficient (Wildman–Crippen LogP) is -2.08. The van der Waals surface area contributed by atoms with E-state index in [0.29, 0.717) is 0 Å². The largest absolute Gasteiger partial charge is 1.00 e. The van der Waals surface area contributed by atoms with Gasteiger partial charge < -0.3 is 28.5 Å². The van der Waals surface area contributed by atoms with Crippen LogP contribution in [0.2, 0.25) is 0 Å². The molecule has 51 valence electrons. The topological polar surface area (TPSA) is 0 Å². The minimum absolute atomic E-state index is 0. The highest BCUT2D eigenvalue weighted by Crippen LogP contribution is 1.89. The highest BCUT2D eigenvalue weighted by molar-refractivity contribution is 4.33. The van der Waals surface area contributed by atoms with E-state index in [9.17, 15) is 0 Å². The van der Waals surface area contributed by atoms with E-state index in [0.717, 1.165) is 10.9 Å². The Morgan fingerprint density at radius 3 is 1.62 bits per heavy atom. The zero-order valence-electron chi connectivity index (χ0n) is 5.95. The highest BCUT2D eigenvalue weighted by Gasteiger charge is 2.01. The Morgan fingerprint density at radius 1 is 1.25 bits per heavy atom. The van der Waals surface area contributed by atoms with E-state index in [1.165, 1.54) is 6.54 Å². The van der Waals surface area contributed by atoms with E-state index >= 15 is 0 Å². The monoisotopic (exact) mass is 228 g/mol. The van der Waals surface area contributed by atoms with Crippen molar-refractivity contribution in [2.24, 2.45) is 0 Å². The zero-order valence-corrected chi connectivity index (χ0v) is 8.10. The molecule has 0 fully saturated rings. The molecule has 0 heterocycles. The minimum Gasteiger partial charge on any atom is -1.00 e. The van der Waals surface area contributed by atoms with E-state index in [1.54, 1.807) is 0 Å². The summed E-state index contributed by atoms with van der Waals surface area (Å²) < 4.78 is 1.03. The second-order valence-electron chi connectivity index (χ2n) is 2.87. The fourth-order valence-electron chi connectivity index (χ4n) is 0.474. The van der Waals surface area contributed by atoms with Crippen molar-refractivity contribution in [2.75, 3.05) is 27.7 Å². The predicted molar refractivity (Wildman–Crippen MR) is 32.9 cm³/mol. The molecule has 0 rings (SSSR count). The van der Waals surface area contributed by atoms with Crippen molar-refractivity contribution in [3.05, 3.63) is 6.92 Å². The summed E-state index contributed by atoms with van der Waals surface area (Å²) in [5.74, 6) is 0. The lowest BCUT2D eigenvalue weighted by atomic mass is 10.4. The molecule has 0 aromatic rings. The lowest BCUT2D eigenvalue weighted by Gasteiger charge is -2.22. The Hall–Kier alpha value is 0.690.